The number of anilines is 3. The lowest BCUT2D eigenvalue weighted by Crippen LogP contribution is -2.25. The fourth-order valence-electron chi connectivity index (χ4n) is 5.21. The highest BCUT2D eigenvalue weighted by atomic mass is 32.1. The number of hydrogen-bond donors (Lipinski definition) is 2. The Kier molecular flexibility index (Phi) is 6.37. The Morgan fingerprint density at radius 3 is 2.46 bits per heavy atom. The van der Waals surface area contributed by atoms with Crippen LogP contribution >= 0.6 is 11.3 Å². The van der Waals surface area contributed by atoms with Crippen molar-refractivity contribution in [2.75, 3.05) is 24.3 Å². The van der Waals surface area contributed by atoms with Gasteiger partial charge in [0.05, 0.1) is 35.8 Å². The molecule has 7 heteroatoms. The van der Waals surface area contributed by atoms with Crippen LogP contribution < -0.4 is 15.8 Å². The van der Waals surface area contributed by atoms with Crippen LogP contribution in [-0.4, -0.2) is 28.9 Å². The number of aromatic nitrogens is 2. The van der Waals surface area contributed by atoms with E-state index >= 15 is 0 Å². The molecule has 6 rings (SSSR count). The van der Waals surface area contributed by atoms with Gasteiger partial charge in [-0.15, -0.1) is 11.3 Å². The first kappa shape index (κ1) is 24.3. The lowest BCUT2D eigenvalue weighted by atomic mass is 9.92. The summed E-state index contributed by atoms with van der Waals surface area (Å²) in [6, 6.07) is 15.4. The third kappa shape index (κ3) is 4.82. The number of nitrogens with two attached hydrogens (primary N) is 1. The van der Waals surface area contributed by atoms with Gasteiger partial charge in [0.15, 0.2) is 5.13 Å². The van der Waals surface area contributed by atoms with Crippen LogP contribution in [0, 0.1) is 0 Å². The molecular formula is C30H36N4O2S. The Bertz CT molecular complexity index is 1390. The Morgan fingerprint density at radius 1 is 1.05 bits per heavy atom. The molecule has 2 aromatic heterocycles. The summed E-state index contributed by atoms with van der Waals surface area (Å²) in [5.41, 5.74) is 13.3. The molecule has 194 valence electrons. The fourth-order valence-corrected chi connectivity index (χ4v) is 6.16. The molecule has 0 amide bonds. The number of nitrogens with zero attached hydrogens (tertiary/aromatic N) is 2. The third-order valence-electron chi connectivity index (χ3n) is 7.61. The van der Waals surface area contributed by atoms with E-state index in [1.54, 1.807) is 11.3 Å². The molecule has 1 saturated carbocycles. The topological polar surface area (TPSA) is 74.3 Å². The van der Waals surface area contributed by atoms with E-state index < -0.39 is 0 Å². The Balaban J connectivity index is 1.31. The van der Waals surface area contributed by atoms with Crippen molar-refractivity contribution >= 4 is 38.7 Å². The molecule has 1 saturated heterocycles. The van der Waals surface area contributed by atoms with E-state index in [4.69, 9.17) is 20.2 Å². The van der Waals surface area contributed by atoms with E-state index in [-0.39, 0.29) is 11.5 Å². The lowest BCUT2D eigenvalue weighted by molar-refractivity contribution is 0.0256. The number of nitrogens with one attached hydrogen (secondary N) is 1. The zero-order valence-electron chi connectivity index (χ0n) is 21.9. The normalized spacial score (nSPS) is 17.2. The molecule has 1 aliphatic carbocycles. The minimum atomic E-state index is 0.0441. The van der Waals surface area contributed by atoms with Crippen molar-refractivity contribution in [3.63, 3.8) is 0 Å². The van der Waals surface area contributed by atoms with Crippen LogP contribution in [0.25, 0.3) is 22.2 Å². The van der Waals surface area contributed by atoms with Gasteiger partial charge in [-0.1, -0.05) is 32.9 Å². The maximum Gasteiger partial charge on any atom is 0.187 e. The van der Waals surface area contributed by atoms with Crippen LogP contribution in [0.1, 0.15) is 64.6 Å². The SMILES string of the molecule is CC(C)(C)c1csc(Nc2ccc(-c3c(N)c4ccc(OC5CCOCC5)cc4n3C3CCC3)cc2)n1. The largest absolute Gasteiger partial charge is 0.490 e. The number of ether oxygens (including phenoxy) is 2. The van der Waals surface area contributed by atoms with Crippen LogP contribution in [0.3, 0.4) is 0 Å². The Labute approximate surface area is 222 Å². The van der Waals surface area contributed by atoms with Gasteiger partial charge in [0.1, 0.15) is 11.9 Å². The van der Waals surface area contributed by atoms with Gasteiger partial charge in [0, 0.05) is 52.4 Å². The van der Waals surface area contributed by atoms with E-state index in [1.807, 2.05) is 0 Å². The zero-order chi connectivity index (χ0) is 25.6. The first-order valence-electron chi connectivity index (χ1n) is 13.4. The van der Waals surface area contributed by atoms with Crippen molar-refractivity contribution in [2.24, 2.45) is 0 Å². The Hall–Kier alpha value is -3.03. The monoisotopic (exact) mass is 516 g/mol. The smallest absolute Gasteiger partial charge is 0.187 e. The summed E-state index contributed by atoms with van der Waals surface area (Å²) in [5.74, 6) is 0.918. The highest BCUT2D eigenvalue weighted by Gasteiger charge is 2.27. The molecule has 37 heavy (non-hydrogen) atoms. The summed E-state index contributed by atoms with van der Waals surface area (Å²) >= 11 is 1.64. The molecule has 0 bridgehead atoms. The molecule has 6 nitrogen and oxygen atoms in total. The predicted molar refractivity (Wildman–Crippen MR) is 153 cm³/mol. The standard InChI is InChI=1S/C30H36N4O2S/c1-30(2,3)26-18-37-29(33-26)32-20-9-7-19(8-10-20)28-27(31)24-12-11-23(36-22-13-15-35-16-14-22)17-25(24)34(28)21-5-4-6-21/h7-12,17-18,21-22H,4-6,13-16,31H2,1-3H3,(H,32,33). The zero-order valence-corrected chi connectivity index (χ0v) is 22.7. The van der Waals surface area contributed by atoms with Crippen molar-refractivity contribution in [1.82, 2.24) is 9.55 Å². The number of thiazole rings is 1. The second-order valence-corrected chi connectivity index (χ2v) is 12.2. The molecule has 1 aliphatic heterocycles. The molecule has 3 N–H and O–H groups in total. The average molecular weight is 517 g/mol. The van der Waals surface area contributed by atoms with Gasteiger partial charge < -0.3 is 25.1 Å². The van der Waals surface area contributed by atoms with Crippen LogP contribution in [0.2, 0.25) is 0 Å². The molecule has 0 radical (unpaired) electrons. The minimum absolute atomic E-state index is 0.0441. The van der Waals surface area contributed by atoms with E-state index in [0.717, 1.165) is 70.6 Å². The van der Waals surface area contributed by atoms with Gasteiger partial charge in [-0.2, -0.15) is 0 Å². The summed E-state index contributed by atoms with van der Waals surface area (Å²) in [6.07, 6.45) is 5.71. The highest BCUT2D eigenvalue weighted by molar-refractivity contribution is 7.13. The molecule has 0 unspecified atom stereocenters. The minimum Gasteiger partial charge on any atom is -0.490 e. The predicted octanol–water partition coefficient (Wildman–Crippen LogP) is 7.67. The van der Waals surface area contributed by atoms with E-state index in [1.165, 1.54) is 24.8 Å². The average Bonchev–Trinajstić information content (AvgIpc) is 3.43. The van der Waals surface area contributed by atoms with Crippen molar-refractivity contribution in [2.45, 2.75) is 70.4 Å². The quantitative estimate of drug-likeness (QED) is 0.275. The van der Waals surface area contributed by atoms with Crippen molar-refractivity contribution < 1.29 is 9.47 Å². The fraction of sp³-hybridized carbons (Fsp3) is 0.433. The first-order chi connectivity index (χ1) is 17.9. The summed E-state index contributed by atoms with van der Waals surface area (Å²) < 4.78 is 14.3. The molecule has 0 atom stereocenters. The molecular weight excluding hydrogens is 480 g/mol. The van der Waals surface area contributed by atoms with E-state index in [0.29, 0.717) is 6.04 Å². The van der Waals surface area contributed by atoms with Crippen LogP contribution in [0.5, 0.6) is 5.75 Å². The summed E-state index contributed by atoms with van der Waals surface area (Å²) in [4.78, 5) is 4.77. The summed E-state index contributed by atoms with van der Waals surface area (Å²) in [6.45, 7) is 8.10. The van der Waals surface area contributed by atoms with Gasteiger partial charge in [0.25, 0.3) is 0 Å². The van der Waals surface area contributed by atoms with Crippen molar-refractivity contribution in [1.29, 1.82) is 0 Å². The van der Waals surface area contributed by atoms with Crippen LogP contribution in [0.4, 0.5) is 16.5 Å². The third-order valence-corrected chi connectivity index (χ3v) is 8.37. The second kappa shape index (κ2) is 9.69. The summed E-state index contributed by atoms with van der Waals surface area (Å²) in [5, 5.41) is 7.61. The van der Waals surface area contributed by atoms with Gasteiger partial charge >= 0.3 is 0 Å². The lowest BCUT2D eigenvalue weighted by Gasteiger charge is -2.30. The van der Waals surface area contributed by atoms with Gasteiger partial charge in [-0.3, -0.25) is 0 Å². The number of hydrogen-bond acceptors (Lipinski definition) is 6. The van der Waals surface area contributed by atoms with Gasteiger partial charge in [0.2, 0.25) is 0 Å². The molecule has 2 aromatic carbocycles. The van der Waals surface area contributed by atoms with Crippen LogP contribution in [-0.2, 0) is 10.2 Å². The van der Waals surface area contributed by atoms with E-state index in [2.05, 4.69) is 78.5 Å². The van der Waals surface area contributed by atoms with Crippen LogP contribution in [0.15, 0.2) is 47.8 Å². The van der Waals surface area contributed by atoms with Crippen molar-refractivity contribution in [3.05, 3.63) is 53.5 Å². The van der Waals surface area contributed by atoms with E-state index in [9.17, 15) is 0 Å². The maximum absolute atomic E-state index is 6.83. The number of rotatable bonds is 6. The number of benzene rings is 2. The molecule has 4 aromatic rings. The maximum atomic E-state index is 6.83. The summed E-state index contributed by atoms with van der Waals surface area (Å²) in [7, 11) is 0. The first-order valence-corrected chi connectivity index (χ1v) is 14.3. The molecule has 3 heterocycles. The molecule has 2 aliphatic rings. The number of fused-ring (bicyclic) bond motifs is 1. The highest BCUT2D eigenvalue weighted by Crippen LogP contribution is 2.45. The molecule has 2 fully saturated rings. The second-order valence-electron chi connectivity index (χ2n) is 11.3. The molecule has 0 spiro atoms. The van der Waals surface area contributed by atoms with Crippen molar-refractivity contribution in [3.8, 4) is 17.0 Å². The number of nitrogen functional groups attached to an aromatic ring is 1. The van der Waals surface area contributed by atoms with Gasteiger partial charge in [-0.05, 0) is 43.5 Å². The Morgan fingerprint density at radius 2 is 1.81 bits per heavy atom. The van der Waals surface area contributed by atoms with Gasteiger partial charge in [-0.25, -0.2) is 4.98 Å².